The van der Waals surface area contributed by atoms with E-state index >= 15 is 0 Å². The quantitative estimate of drug-likeness (QED) is 0.851. The van der Waals surface area contributed by atoms with Crippen LogP contribution in [0, 0.1) is 11.7 Å². The van der Waals surface area contributed by atoms with Crippen LogP contribution in [0.25, 0.3) is 11.5 Å². The third kappa shape index (κ3) is 3.43. The molecule has 1 aromatic carbocycles. The third-order valence-corrected chi connectivity index (χ3v) is 5.32. The van der Waals surface area contributed by atoms with E-state index in [0.717, 1.165) is 32.2 Å². The van der Waals surface area contributed by atoms with E-state index in [0.29, 0.717) is 29.8 Å². The van der Waals surface area contributed by atoms with Gasteiger partial charge in [0.1, 0.15) is 5.82 Å². The SMILES string of the molecule is O=C(C1CCCC1)N1CCCC(c2nnc(-c3ccc(F)cc3)o2)C1. The number of rotatable bonds is 3. The molecule has 5 nitrogen and oxygen atoms in total. The number of carbonyl (C=O) groups excluding carboxylic acids is 1. The molecule has 2 aromatic rings. The first-order valence-electron chi connectivity index (χ1n) is 9.09. The average molecular weight is 343 g/mol. The Labute approximate surface area is 146 Å². The number of aromatic nitrogens is 2. The summed E-state index contributed by atoms with van der Waals surface area (Å²) in [4.78, 5) is 14.6. The summed E-state index contributed by atoms with van der Waals surface area (Å²) in [6.07, 6.45) is 6.28. The second-order valence-corrected chi connectivity index (χ2v) is 7.06. The number of hydrogen-bond acceptors (Lipinski definition) is 4. The molecule has 0 N–H and O–H groups in total. The molecule has 2 aliphatic rings. The van der Waals surface area contributed by atoms with Crippen LogP contribution in [0.5, 0.6) is 0 Å². The van der Waals surface area contributed by atoms with Gasteiger partial charge < -0.3 is 9.32 Å². The van der Waals surface area contributed by atoms with E-state index in [-0.39, 0.29) is 17.7 Å². The molecule has 0 radical (unpaired) electrons. The van der Waals surface area contributed by atoms with E-state index in [9.17, 15) is 9.18 Å². The number of hydrogen-bond donors (Lipinski definition) is 0. The summed E-state index contributed by atoms with van der Waals surface area (Å²) >= 11 is 0. The smallest absolute Gasteiger partial charge is 0.247 e. The molecule has 1 aromatic heterocycles. The zero-order valence-corrected chi connectivity index (χ0v) is 14.2. The Bertz CT molecular complexity index is 737. The first kappa shape index (κ1) is 16.2. The van der Waals surface area contributed by atoms with Crippen molar-refractivity contribution in [3.8, 4) is 11.5 Å². The molecule has 1 unspecified atom stereocenters. The van der Waals surface area contributed by atoms with Gasteiger partial charge in [0.15, 0.2) is 0 Å². The van der Waals surface area contributed by atoms with E-state index in [1.54, 1.807) is 12.1 Å². The van der Waals surface area contributed by atoms with Gasteiger partial charge in [0.25, 0.3) is 0 Å². The summed E-state index contributed by atoms with van der Waals surface area (Å²) < 4.78 is 18.9. The Balaban J connectivity index is 1.46. The first-order chi connectivity index (χ1) is 12.2. The molecule has 1 saturated heterocycles. The van der Waals surface area contributed by atoms with Gasteiger partial charge in [-0.25, -0.2) is 4.39 Å². The maximum Gasteiger partial charge on any atom is 0.247 e. The van der Waals surface area contributed by atoms with Gasteiger partial charge in [-0.3, -0.25) is 4.79 Å². The van der Waals surface area contributed by atoms with Crippen LogP contribution < -0.4 is 0 Å². The molecule has 1 aliphatic carbocycles. The number of nitrogens with zero attached hydrogens (tertiary/aromatic N) is 3. The summed E-state index contributed by atoms with van der Waals surface area (Å²) in [5.74, 6) is 1.26. The van der Waals surface area contributed by atoms with Crippen LogP contribution in [0.2, 0.25) is 0 Å². The highest BCUT2D eigenvalue weighted by molar-refractivity contribution is 5.79. The Hall–Kier alpha value is -2.24. The van der Waals surface area contributed by atoms with E-state index in [2.05, 4.69) is 10.2 Å². The van der Waals surface area contributed by atoms with Gasteiger partial charge in [0.2, 0.25) is 17.7 Å². The lowest BCUT2D eigenvalue weighted by Crippen LogP contribution is -2.41. The molecule has 132 valence electrons. The molecule has 1 aliphatic heterocycles. The van der Waals surface area contributed by atoms with Gasteiger partial charge in [-0.1, -0.05) is 12.8 Å². The Morgan fingerprint density at radius 1 is 1.08 bits per heavy atom. The van der Waals surface area contributed by atoms with E-state index < -0.39 is 0 Å². The van der Waals surface area contributed by atoms with Crippen LogP contribution in [0.4, 0.5) is 4.39 Å². The van der Waals surface area contributed by atoms with Crippen molar-refractivity contribution in [1.29, 1.82) is 0 Å². The number of amides is 1. The Morgan fingerprint density at radius 2 is 1.84 bits per heavy atom. The van der Waals surface area contributed by atoms with E-state index in [1.807, 2.05) is 4.90 Å². The van der Waals surface area contributed by atoms with Crippen molar-refractivity contribution in [1.82, 2.24) is 15.1 Å². The molecule has 0 bridgehead atoms. The fourth-order valence-corrected chi connectivity index (χ4v) is 3.92. The second-order valence-electron chi connectivity index (χ2n) is 7.06. The lowest BCUT2D eigenvalue weighted by Gasteiger charge is -2.32. The molecule has 6 heteroatoms. The maximum absolute atomic E-state index is 13.0. The van der Waals surface area contributed by atoms with Crippen molar-refractivity contribution in [2.45, 2.75) is 44.4 Å². The average Bonchev–Trinajstić information content (AvgIpc) is 3.34. The fourth-order valence-electron chi connectivity index (χ4n) is 3.92. The summed E-state index contributed by atoms with van der Waals surface area (Å²) in [6, 6.07) is 6.01. The molecule has 0 spiro atoms. The number of halogens is 1. The predicted molar refractivity (Wildman–Crippen MR) is 90.2 cm³/mol. The first-order valence-corrected chi connectivity index (χ1v) is 9.09. The van der Waals surface area contributed by atoms with Crippen molar-refractivity contribution in [3.05, 3.63) is 36.0 Å². The lowest BCUT2D eigenvalue weighted by molar-refractivity contribution is -0.136. The molecule has 2 fully saturated rings. The third-order valence-electron chi connectivity index (χ3n) is 5.32. The summed E-state index contributed by atoms with van der Waals surface area (Å²) in [6.45, 7) is 1.48. The van der Waals surface area contributed by atoms with Crippen LogP contribution in [0.3, 0.4) is 0 Å². The summed E-state index contributed by atoms with van der Waals surface area (Å²) in [7, 11) is 0. The fraction of sp³-hybridized carbons (Fsp3) is 0.526. The largest absolute Gasteiger partial charge is 0.420 e. The van der Waals surface area contributed by atoms with Crippen LogP contribution >= 0.6 is 0 Å². The number of carbonyl (C=O) groups is 1. The van der Waals surface area contributed by atoms with Gasteiger partial charge in [0.05, 0.1) is 5.92 Å². The van der Waals surface area contributed by atoms with Gasteiger partial charge in [-0.15, -0.1) is 10.2 Å². The standard InChI is InChI=1S/C19H22FN3O2/c20-16-9-7-13(8-10-16)17-21-22-18(25-17)15-6-3-11-23(12-15)19(24)14-4-1-2-5-14/h7-10,14-15H,1-6,11-12H2. The van der Waals surface area contributed by atoms with Crippen molar-refractivity contribution in [2.24, 2.45) is 5.92 Å². The van der Waals surface area contributed by atoms with Gasteiger partial charge in [-0.2, -0.15) is 0 Å². The van der Waals surface area contributed by atoms with E-state index in [1.165, 1.54) is 25.0 Å². The van der Waals surface area contributed by atoms with Gasteiger partial charge >= 0.3 is 0 Å². The topological polar surface area (TPSA) is 59.2 Å². The minimum absolute atomic E-state index is 0.0841. The second kappa shape index (κ2) is 6.94. The van der Waals surface area contributed by atoms with E-state index in [4.69, 9.17) is 4.42 Å². The molecule has 2 heterocycles. The summed E-state index contributed by atoms with van der Waals surface area (Å²) in [5, 5.41) is 8.28. The van der Waals surface area contributed by atoms with Crippen molar-refractivity contribution >= 4 is 5.91 Å². The zero-order valence-electron chi connectivity index (χ0n) is 14.2. The Morgan fingerprint density at radius 3 is 2.60 bits per heavy atom. The molecular formula is C19H22FN3O2. The highest BCUT2D eigenvalue weighted by atomic mass is 19.1. The predicted octanol–water partition coefficient (Wildman–Crippen LogP) is 3.77. The number of piperidine rings is 1. The lowest BCUT2D eigenvalue weighted by atomic mass is 9.96. The molecule has 4 rings (SSSR count). The molecule has 1 saturated carbocycles. The van der Waals surface area contributed by atoms with Crippen molar-refractivity contribution in [3.63, 3.8) is 0 Å². The van der Waals surface area contributed by atoms with Gasteiger partial charge in [-0.05, 0) is 49.9 Å². The molecule has 25 heavy (non-hydrogen) atoms. The zero-order chi connectivity index (χ0) is 17.2. The maximum atomic E-state index is 13.0. The molecule has 1 amide bonds. The monoisotopic (exact) mass is 343 g/mol. The minimum atomic E-state index is -0.295. The molecule has 1 atom stereocenters. The van der Waals surface area contributed by atoms with Crippen molar-refractivity contribution < 1.29 is 13.6 Å². The highest BCUT2D eigenvalue weighted by Gasteiger charge is 2.32. The van der Waals surface area contributed by atoms with Gasteiger partial charge in [0, 0.05) is 24.6 Å². The number of likely N-dealkylation sites (tertiary alicyclic amines) is 1. The van der Waals surface area contributed by atoms with Crippen LogP contribution in [0.15, 0.2) is 28.7 Å². The van der Waals surface area contributed by atoms with Crippen LogP contribution in [-0.2, 0) is 4.79 Å². The minimum Gasteiger partial charge on any atom is -0.420 e. The highest BCUT2D eigenvalue weighted by Crippen LogP contribution is 2.32. The van der Waals surface area contributed by atoms with Crippen LogP contribution in [-0.4, -0.2) is 34.1 Å². The normalized spacial score (nSPS) is 21.6. The Kier molecular flexibility index (Phi) is 4.51. The van der Waals surface area contributed by atoms with Crippen LogP contribution in [0.1, 0.15) is 50.3 Å². The number of benzene rings is 1. The van der Waals surface area contributed by atoms with Crippen molar-refractivity contribution in [2.75, 3.05) is 13.1 Å². The molecular weight excluding hydrogens is 321 g/mol. The summed E-state index contributed by atoms with van der Waals surface area (Å²) in [5.41, 5.74) is 0.704.